The Morgan fingerprint density at radius 3 is 2.82 bits per heavy atom. The van der Waals surface area contributed by atoms with Crippen LogP contribution < -0.4 is 9.47 Å². The highest BCUT2D eigenvalue weighted by molar-refractivity contribution is 7.03. The quantitative estimate of drug-likeness (QED) is 0.528. The maximum atomic E-state index is 12.3. The molecule has 0 aliphatic heterocycles. The predicted octanol–water partition coefficient (Wildman–Crippen LogP) is 4.54. The molecule has 1 heterocycles. The van der Waals surface area contributed by atoms with Crippen molar-refractivity contribution < 1.29 is 19.0 Å². The summed E-state index contributed by atoms with van der Waals surface area (Å²) in [5.41, 5.74) is 1.63. The lowest BCUT2D eigenvalue weighted by molar-refractivity contribution is -0.149. The van der Waals surface area contributed by atoms with Crippen molar-refractivity contribution >= 4 is 29.1 Å². The minimum Gasteiger partial charge on any atom is -0.489 e. The van der Waals surface area contributed by atoms with Crippen molar-refractivity contribution in [2.24, 2.45) is 0 Å². The molecule has 6 nitrogen and oxygen atoms in total. The molecule has 0 amide bonds. The Hall–Kier alpha value is -3.08. The minimum absolute atomic E-state index is 0.193. The number of hydrogen-bond acceptors (Lipinski definition) is 7. The normalized spacial score (nSPS) is 11.3. The van der Waals surface area contributed by atoms with Crippen molar-refractivity contribution in [2.75, 3.05) is 7.11 Å². The van der Waals surface area contributed by atoms with Crippen LogP contribution in [0.15, 0.2) is 54.0 Å². The van der Waals surface area contributed by atoms with Crippen LogP contribution in [0.5, 0.6) is 11.5 Å². The van der Waals surface area contributed by atoms with Crippen molar-refractivity contribution in [1.29, 1.82) is 5.26 Å². The van der Waals surface area contributed by atoms with E-state index >= 15 is 0 Å². The first-order valence-corrected chi connectivity index (χ1v) is 9.38. The lowest BCUT2D eigenvalue weighted by atomic mass is 10.1. The Bertz CT molecular complexity index is 1000. The highest BCUT2D eigenvalue weighted by Gasteiger charge is 2.27. The summed E-state index contributed by atoms with van der Waals surface area (Å²) in [6.07, 6.45) is 0.596. The molecular formula is C20H15ClN2O4S. The fourth-order valence-corrected chi connectivity index (χ4v) is 3.16. The summed E-state index contributed by atoms with van der Waals surface area (Å²) in [4.78, 5) is 12.3. The summed E-state index contributed by atoms with van der Waals surface area (Å²) in [7, 11) is 1.26. The highest BCUT2D eigenvalue weighted by Crippen LogP contribution is 2.32. The molecular weight excluding hydrogens is 400 g/mol. The Kier molecular flexibility index (Phi) is 6.48. The van der Waals surface area contributed by atoms with Gasteiger partial charge in [0.2, 0.25) is 6.10 Å². The van der Waals surface area contributed by atoms with E-state index in [4.69, 9.17) is 25.8 Å². The smallest absolute Gasteiger partial charge is 0.351 e. The first kappa shape index (κ1) is 19.7. The molecule has 1 aromatic heterocycles. The fourth-order valence-electron chi connectivity index (χ4n) is 2.41. The number of halogens is 1. The third-order valence-electron chi connectivity index (χ3n) is 3.81. The van der Waals surface area contributed by atoms with E-state index < -0.39 is 12.1 Å². The second kappa shape index (κ2) is 9.22. The molecule has 142 valence electrons. The summed E-state index contributed by atoms with van der Waals surface area (Å²) in [5.74, 6) is 0.0504. The third kappa shape index (κ3) is 4.60. The monoisotopic (exact) mass is 414 g/mol. The van der Waals surface area contributed by atoms with Gasteiger partial charge < -0.3 is 14.2 Å². The standard InChI is InChI=1S/C20H15ClN2O4S/c1-25-20(24)19(16-4-2-3-5-17(16)21)27-18-8-15(7-6-14(18)9-22)26-11-13-10-23-28-12-13/h2-8,10,12,19H,11H2,1H3. The van der Waals surface area contributed by atoms with Gasteiger partial charge in [0, 0.05) is 33.8 Å². The number of aromatic nitrogens is 1. The van der Waals surface area contributed by atoms with Crippen LogP contribution in [0.2, 0.25) is 5.02 Å². The van der Waals surface area contributed by atoms with Gasteiger partial charge in [0.25, 0.3) is 0 Å². The fraction of sp³-hybridized carbons (Fsp3) is 0.150. The SMILES string of the molecule is COC(=O)C(Oc1cc(OCc2cnsc2)ccc1C#N)c1ccccc1Cl. The molecule has 0 bridgehead atoms. The number of carbonyl (C=O) groups excluding carboxylic acids is 1. The van der Waals surface area contributed by atoms with E-state index in [2.05, 4.69) is 4.37 Å². The second-order valence-electron chi connectivity index (χ2n) is 5.63. The molecule has 1 unspecified atom stereocenters. The van der Waals surface area contributed by atoms with Crippen LogP contribution in [-0.4, -0.2) is 17.5 Å². The number of methoxy groups -OCH3 is 1. The zero-order chi connectivity index (χ0) is 19.9. The van der Waals surface area contributed by atoms with E-state index in [-0.39, 0.29) is 11.3 Å². The number of ether oxygens (including phenoxy) is 3. The lowest BCUT2D eigenvalue weighted by Crippen LogP contribution is -2.21. The molecule has 3 aromatic rings. The summed E-state index contributed by atoms with van der Waals surface area (Å²) >= 11 is 7.55. The zero-order valence-electron chi connectivity index (χ0n) is 14.8. The second-order valence-corrected chi connectivity index (χ2v) is 6.70. The van der Waals surface area contributed by atoms with Gasteiger partial charge in [-0.05, 0) is 29.7 Å². The molecule has 0 fully saturated rings. The molecule has 0 aliphatic carbocycles. The number of hydrogen-bond donors (Lipinski definition) is 0. The molecule has 28 heavy (non-hydrogen) atoms. The van der Waals surface area contributed by atoms with Crippen molar-refractivity contribution in [1.82, 2.24) is 4.37 Å². The van der Waals surface area contributed by atoms with E-state index in [1.165, 1.54) is 18.6 Å². The number of carbonyl (C=O) groups is 1. The first-order valence-electron chi connectivity index (χ1n) is 8.16. The summed E-state index contributed by atoms with van der Waals surface area (Å²) in [6.45, 7) is 0.326. The molecule has 0 saturated carbocycles. The average molecular weight is 415 g/mol. The number of benzene rings is 2. The van der Waals surface area contributed by atoms with Crippen molar-refractivity contribution in [2.45, 2.75) is 12.7 Å². The van der Waals surface area contributed by atoms with Crippen molar-refractivity contribution in [3.63, 3.8) is 0 Å². The van der Waals surface area contributed by atoms with Gasteiger partial charge in [0.05, 0.1) is 12.7 Å². The minimum atomic E-state index is -1.12. The topological polar surface area (TPSA) is 81.4 Å². The van der Waals surface area contributed by atoms with Crippen LogP contribution >= 0.6 is 23.1 Å². The average Bonchev–Trinajstić information content (AvgIpc) is 3.24. The van der Waals surface area contributed by atoms with E-state index in [9.17, 15) is 10.1 Å². The molecule has 8 heteroatoms. The molecule has 0 spiro atoms. The molecule has 1 atom stereocenters. The number of nitrogens with zero attached hydrogens (tertiary/aromatic N) is 2. The summed E-state index contributed by atoms with van der Waals surface area (Å²) in [6, 6.07) is 13.6. The number of esters is 1. The maximum Gasteiger partial charge on any atom is 0.351 e. The van der Waals surface area contributed by atoms with Gasteiger partial charge in [0.15, 0.2) is 0 Å². The molecule has 0 saturated heterocycles. The largest absolute Gasteiger partial charge is 0.489 e. The van der Waals surface area contributed by atoms with Crippen LogP contribution in [0, 0.1) is 11.3 Å². The Morgan fingerprint density at radius 1 is 1.32 bits per heavy atom. The van der Waals surface area contributed by atoms with Crippen molar-refractivity contribution in [3.05, 3.63) is 75.8 Å². The highest BCUT2D eigenvalue weighted by atomic mass is 35.5. The van der Waals surface area contributed by atoms with Gasteiger partial charge in [-0.1, -0.05) is 29.8 Å². The molecule has 0 aliphatic rings. The zero-order valence-corrected chi connectivity index (χ0v) is 16.4. The van der Waals surface area contributed by atoms with Crippen LogP contribution in [0.1, 0.15) is 22.8 Å². The van der Waals surface area contributed by atoms with E-state index in [1.807, 2.05) is 11.4 Å². The van der Waals surface area contributed by atoms with E-state index in [0.29, 0.717) is 22.9 Å². The molecule has 0 N–H and O–H groups in total. The predicted molar refractivity (Wildman–Crippen MR) is 104 cm³/mol. The maximum absolute atomic E-state index is 12.3. The van der Waals surface area contributed by atoms with Crippen LogP contribution in [-0.2, 0) is 16.1 Å². The van der Waals surface area contributed by atoms with Crippen molar-refractivity contribution in [3.8, 4) is 17.6 Å². The van der Waals surface area contributed by atoms with Gasteiger partial charge in [0.1, 0.15) is 24.2 Å². The lowest BCUT2D eigenvalue weighted by Gasteiger charge is -2.19. The number of rotatable bonds is 7. The molecule has 3 rings (SSSR count). The Morgan fingerprint density at radius 2 is 2.14 bits per heavy atom. The van der Waals surface area contributed by atoms with Gasteiger partial charge in [-0.2, -0.15) is 5.26 Å². The van der Waals surface area contributed by atoms with Gasteiger partial charge in [-0.3, -0.25) is 0 Å². The van der Waals surface area contributed by atoms with Gasteiger partial charge >= 0.3 is 5.97 Å². The summed E-state index contributed by atoms with van der Waals surface area (Å²) < 4.78 is 20.5. The third-order valence-corrected chi connectivity index (χ3v) is 4.79. The first-order chi connectivity index (χ1) is 13.6. The molecule has 2 aromatic carbocycles. The van der Waals surface area contributed by atoms with Crippen LogP contribution in [0.4, 0.5) is 0 Å². The van der Waals surface area contributed by atoms with Crippen LogP contribution in [0.25, 0.3) is 0 Å². The van der Waals surface area contributed by atoms with Gasteiger partial charge in [-0.25, -0.2) is 9.17 Å². The van der Waals surface area contributed by atoms with E-state index in [0.717, 1.165) is 5.56 Å². The van der Waals surface area contributed by atoms with Gasteiger partial charge in [-0.15, -0.1) is 0 Å². The Balaban J connectivity index is 1.89. The van der Waals surface area contributed by atoms with Crippen LogP contribution in [0.3, 0.4) is 0 Å². The number of nitriles is 1. The Labute approximate surface area is 171 Å². The summed E-state index contributed by atoms with van der Waals surface area (Å²) in [5, 5.41) is 11.6. The van der Waals surface area contributed by atoms with E-state index in [1.54, 1.807) is 48.7 Å². The molecule has 0 radical (unpaired) electrons.